The van der Waals surface area contributed by atoms with Gasteiger partial charge in [-0.05, 0) is 42.0 Å². The molecule has 0 radical (unpaired) electrons. The number of aliphatic hydroxyl groups is 1. The van der Waals surface area contributed by atoms with Crippen molar-refractivity contribution in [2.45, 2.75) is 32.9 Å². The molecule has 2 aromatic carbocycles. The van der Waals surface area contributed by atoms with E-state index in [-0.39, 0.29) is 18.4 Å². The Kier molecular flexibility index (Phi) is 10.3. The van der Waals surface area contributed by atoms with E-state index in [2.05, 4.69) is 16.0 Å². The van der Waals surface area contributed by atoms with Gasteiger partial charge in [-0.1, -0.05) is 19.1 Å². The molecule has 31 heavy (non-hydrogen) atoms. The summed E-state index contributed by atoms with van der Waals surface area (Å²) < 4.78 is 11.2. The van der Waals surface area contributed by atoms with Gasteiger partial charge in [0, 0.05) is 38.7 Å². The SMILES string of the molecule is CCC(=O)NCc1ccc(OCC(O)CNCCOc2ccc(NC(C)=O)cc2)cc1. The van der Waals surface area contributed by atoms with Crippen molar-refractivity contribution in [3.8, 4) is 11.5 Å². The monoisotopic (exact) mass is 429 g/mol. The Morgan fingerprint density at radius 2 is 1.65 bits per heavy atom. The molecule has 8 heteroatoms. The molecule has 0 aliphatic carbocycles. The highest BCUT2D eigenvalue weighted by Gasteiger charge is 2.06. The van der Waals surface area contributed by atoms with Crippen LogP contribution < -0.4 is 25.4 Å². The van der Waals surface area contributed by atoms with E-state index in [1.807, 2.05) is 31.2 Å². The largest absolute Gasteiger partial charge is 0.492 e. The quantitative estimate of drug-likeness (QED) is 0.363. The standard InChI is InChI=1S/C23H31N3O5/c1-3-23(29)25-14-18-4-8-22(9-5-18)31-16-20(28)15-24-12-13-30-21-10-6-19(7-11-21)26-17(2)27/h4-11,20,24,28H,3,12-16H2,1-2H3,(H,25,29)(H,26,27). The van der Waals surface area contributed by atoms with Gasteiger partial charge in [0.25, 0.3) is 0 Å². The number of hydrogen-bond acceptors (Lipinski definition) is 6. The molecule has 1 atom stereocenters. The lowest BCUT2D eigenvalue weighted by Crippen LogP contribution is -2.33. The first-order chi connectivity index (χ1) is 15.0. The zero-order chi connectivity index (χ0) is 22.5. The first-order valence-corrected chi connectivity index (χ1v) is 10.3. The third kappa shape index (κ3) is 9.97. The van der Waals surface area contributed by atoms with Crippen LogP contribution in [-0.4, -0.2) is 49.3 Å². The van der Waals surface area contributed by atoms with Crippen LogP contribution in [0.1, 0.15) is 25.8 Å². The number of benzene rings is 2. The second kappa shape index (κ2) is 13.3. The number of anilines is 1. The summed E-state index contributed by atoms with van der Waals surface area (Å²) in [6, 6.07) is 14.5. The highest BCUT2D eigenvalue weighted by molar-refractivity contribution is 5.88. The average molecular weight is 430 g/mol. The van der Waals surface area contributed by atoms with Gasteiger partial charge in [-0.15, -0.1) is 0 Å². The van der Waals surface area contributed by atoms with Crippen molar-refractivity contribution in [1.29, 1.82) is 0 Å². The summed E-state index contributed by atoms with van der Waals surface area (Å²) in [5.74, 6) is 1.27. The lowest BCUT2D eigenvalue weighted by molar-refractivity contribution is -0.121. The molecule has 4 N–H and O–H groups in total. The van der Waals surface area contributed by atoms with E-state index >= 15 is 0 Å². The molecule has 1 unspecified atom stereocenters. The van der Waals surface area contributed by atoms with Crippen LogP contribution >= 0.6 is 0 Å². The van der Waals surface area contributed by atoms with Gasteiger partial charge < -0.3 is 30.5 Å². The maximum absolute atomic E-state index is 11.3. The van der Waals surface area contributed by atoms with Crippen LogP contribution in [0.2, 0.25) is 0 Å². The van der Waals surface area contributed by atoms with Gasteiger partial charge in [0.2, 0.25) is 11.8 Å². The second-order valence-electron chi connectivity index (χ2n) is 7.00. The fraction of sp³-hybridized carbons (Fsp3) is 0.391. The summed E-state index contributed by atoms with van der Waals surface area (Å²) in [6.07, 6.45) is -0.188. The summed E-state index contributed by atoms with van der Waals surface area (Å²) >= 11 is 0. The highest BCUT2D eigenvalue weighted by Crippen LogP contribution is 2.15. The molecule has 0 saturated carbocycles. The highest BCUT2D eigenvalue weighted by atomic mass is 16.5. The zero-order valence-electron chi connectivity index (χ0n) is 18.0. The normalized spacial score (nSPS) is 11.5. The van der Waals surface area contributed by atoms with E-state index < -0.39 is 6.10 Å². The smallest absolute Gasteiger partial charge is 0.221 e. The number of hydrogen-bond donors (Lipinski definition) is 4. The summed E-state index contributed by atoms with van der Waals surface area (Å²) in [5, 5.41) is 18.7. The van der Waals surface area contributed by atoms with Gasteiger partial charge in [-0.2, -0.15) is 0 Å². The van der Waals surface area contributed by atoms with Gasteiger partial charge in [0.05, 0.1) is 0 Å². The van der Waals surface area contributed by atoms with Gasteiger partial charge in [-0.25, -0.2) is 0 Å². The van der Waals surface area contributed by atoms with E-state index in [0.29, 0.717) is 44.2 Å². The van der Waals surface area contributed by atoms with Crippen LogP contribution in [0.5, 0.6) is 11.5 Å². The third-order valence-corrected chi connectivity index (χ3v) is 4.28. The number of aliphatic hydroxyl groups excluding tert-OH is 1. The van der Waals surface area contributed by atoms with Gasteiger partial charge in [0.1, 0.15) is 30.8 Å². The van der Waals surface area contributed by atoms with Crippen LogP contribution in [0.25, 0.3) is 0 Å². The molecule has 8 nitrogen and oxygen atoms in total. The molecule has 0 aromatic heterocycles. The number of nitrogens with one attached hydrogen (secondary N) is 3. The summed E-state index contributed by atoms with van der Waals surface area (Å²) in [7, 11) is 0. The number of ether oxygens (including phenoxy) is 2. The summed E-state index contributed by atoms with van der Waals surface area (Å²) in [4.78, 5) is 22.3. The fourth-order valence-corrected chi connectivity index (χ4v) is 2.63. The molecule has 2 aromatic rings. The number of amides is 2. The Bertz CT molecular complexity index is 809. The van der Waals surface area contributed by atoms with Crippen molar-refractivity contribution in [2.24, 2.45) is 0 Å². The minimum atomic E-state index is -0.652. The van der Waals surface area contributed by atoms with E-state index in [9.17, 15) is 14.7 Å². The van der Waals surface area contributed by atoms with Crippen molar-refractivity contribution in [3.63, 3.8) is 0 Å². The van der Waals surface area contributed by atoms with Crippen LogP contribution in [0, 0.1) is 0 Å². The average Bonchev–Trinajstić information content (AvgIpc) is 2.77. The topological polar surface area (TPSA) is 109 Å². The lowest BCUT2D eigenvalue weighted by Gasteiger charge is -2.14. The van der Waals surface area contributed by atoms with Crippen molar-refractivity contribution in [3.05, 3.63) is 54.1 Å². The molecular formula is C23H31N3O5. The van der Waals surface area contributed by atoms with Gasteiger partial charge in [0.15, 0.2) is 0 Å². The van der Waals surface area contributed by atoms with E-state index in [1.54, 1.807) is 24.3 Å². The Morgan fingerprint density at radius 1 is 1.00 bits per heavy atom. The molecular weight excluding hydrogens is 398 g/mol. The molecule has 0 aliphatic rings. The molecule has 0 fully saturated rings. The zero-order valence-corrected chi connectivity index (χ0v) is 18.0. The lowest BCUT2D eigenvalue weighted by atomic mass is 10.2. The predicted octanol–water partition coefficient (Wildman–Crippen LogP) is 2.08. The number of carbonyl (C=O) groups excluding carboxylic acids is 2. The molecule has 168 valence electrons. The van der Waals surface area contributed by atoms with Crippen molar-refractivity contribution in [1.82, 2.24) is 10.6 Å². The molecule has 0 bridgehead atoms. The Labute approximate surface area is 182 Å². The summed E-state index contributed by atoms with van der Waals surface area (Å²) in [6.45, 7) is 5.33. The van der Waals surface area contributed by atoms with E-state index in [1.165, 1.54) is 6.92 Å². The Balaban J connectivity index is 1.57. The molecule has 0 spiro atoms. The first-order valence-electron chi connectivity index (χ1n) is 10.3. The van der Waals surface area contributed by atoms with Crippen LogP contribution in [0.4, 0.5) is 5.69 Å². The van der Waals surface area contributed by atoms with Crippen LogP contribution in [0.15, 0.2) is 48.5 Å². The third-order valence-electron chi connectivity index (χ3n) is 4.28. The maximum atomic E-state index is 11.3. The first kappa shape index (κ1) is 24.2. The Hall–Kier alpha value is -3.10. The number of carbonyl (C=O) groups is 2. The van der Waals surface area contributed by atoms with Crippen molar-refractivity contribution in [2.75, 3.05) is 31.6 Å². The Morgan fingerprint density at radius 3 is 2.29 bits per heavy atom. The molecule has 0 heterocycles. The van der Waals surface area contributed by atoms with Crippen molar-refractivity contribution >= 4 is 17.5 Å². The fourth-order valence-electron chi connectivity index (χ4n) is 2.63. The predicted molar refractivity (Wildman–Crippen MR) is 119 cm³/mol. The van der Waals surface area contributed by atoms with Crippen molar-refractivity contribution < 1.29 is 24.2 Å². The minimum absolute atomic E-state index is 0.0150. The van der Waals surface area contributed by atoms with Crippen LogP contribution in [-0.2, 0) is 16.1 Å². The van der Waals surface area contributed by atoms with Gasteiger partial charge in [-0.3, -0.25) is 9.59 Å². The number of rotatable bonds is 13. The molecule has 2 amide bonds. The second-order valence-corrected chi connectivity index (χ2v) is 7.00. The van der Waals surface area contributed by atoms with E-state index in [4.69, 9.17) is 9.47 Å². The van der Waals surface area contributed by atoms with Crippen LogP contribution in [0.3, 0.4) is 0 Å². The maximum Gasteiger partial charge on any atom is 0.221 e. The summed E-state index contributed by atoms with van der Waals surface area (Å²) in [5.41, 5.74) is 1.71. The molecule has 0 saturated heterocycles. The van der Waals surface area contributed by atoms with Gasteiger partial charge >= 0.3 is 0 Å². The van der Waals surface area contributed by atoms with E-state index in [0.717, 1.165) is 11.3 Å². The molecule has 0 aliphatic heterocycles. The minimum Gasteiger partial charge on any atom is -0.492 e. The molecule has 2 rings (SSSR count).